The molecule has 2 unspecified atom stereocenters. The van der Waals surface area contributed by atoms with Gasteiger partial charge in [-0.1, -0.05) is 6.42 Å². The van der Waals surface area contributed by atoms with Crippen LogP contribution in [0.4, 0.5) is 0 Å². The Labute approximate surface area is 85.4 Å². The molecule has 2 rings (SSSR count). The smallest absolute Gasteiger partial charge is 0.153 e. The second-order valence-corrected chi connectivity index (χ2v) is 6.92. The summed E-state index contributed by atoms with van der Waals surface area (Å²) in [5, 5.41) is 9.01. The molecule has 0 radical (unpaired) electrons. The molecule has 82 valence electrons. The van der Waals surface area contributed by atoms with Gasteiger partial charge in [-0.3, -0.25) is 0 Å². The van der Waals surface area contributed by atoms with Crippen LogP contribution in [0.15, 0.2) is 0 Å². The zero-order valence-electron chi connectivity index (χ0n) is 8.35. The molecule has 2 aliphatic rings. The number of aliphatic hydroxyl groups excluding tert-OH is 1. The van der Waals surface area contributed by atoms with E-state index in [1.54, 1.807) is 0 Å². The van der Waals surface area contributed by atoms with Crippen LogP contribution in [-0.4, -0.2) is 31.1 Å². The largest absolute Gasteiger partial charge is 0.396 e. The molecule has 0 aromatic rings. The van der Waals surface area contributed by atoms with Crippen molar-refractivity contribution < 1.29 is 13.5 Å². The predicted molar refractivity (Wildman–Crippen MR) is 54.7 cm³/mol. The molecule has 0 bridgehead atoms. The van der Waals surface area contributed by atoms with Crippen molar-refractivity contribution in [3.63, 3.8) is 0 Å². The first-order chi connectivity index (χ1) is 6.65. The average Bonchev–Trinajstić information content (AvgIpc) is 2.92. The molecule has 0 aromatic heterocycles. The Balaban J connectivity index is 2.13. The minimum Gasteiger partial charge on any atom is -0.396 e. The van der Waals surface area contributed by atoms with E-state index in [1.807, 2.05) is 0 Å². The highest BCUT2D eigenvalue weighted by Crippen LogP contribution is 2.42. The monoisotopic (exact) mass is 218 g/mol. The number of sulfone groups is 1. The predicted octanol–water partition coefficient (Wildman–Crippen LogP) is 0.972. The Morgan fingerprint density at radius 3 is 2.43 bits per heavy atom. The summed E-state index contributed by atoms with van der Waals surface area (Å²) >= 11 is 0. The molecule has 1 aliphatic carbocycles. The molecule has 2 atom stereocenters. The summed E-state index contributed by atoms with van der Waals surface area (Å²) in [6.07, 6.45) is 4.80. The molecule has 2 fully saturated rings. The zero-order valence-corrected chi connectivity index (χ0v) is 9.17. The summed E-state index contributed by atoms with van der Waals surface area (Å²) in [5.74, 6) is 0.846. The SMILES string of the molecule is O=S1(=O)CCCCC1C(CO)C1CC1. The fourth-order valence-corrected chi connectivity index (χ4v) is 4.83. The first-order valence-electron chi connectivity index (χ1n) is 5.47. The van der Waals surface area contributed by atoms with Gasteiger partial charge in [0.2, 0.25) is 0 Å². The lowest BCUT2D eigenvalue weighted by Crippen LogP contribution is -2.37. The molecule has 1 N–H and O–H groups in total. The first-order valence-corrected chi connectivity index (χ1v) is 7.19. The Bertz CT molecular complexity index is 292. The molecule has 4 heteroatoms. The van der Waals surface area contributed by atoms with Gasteiger partial charge >= 0.3 is 0 Å². The standard InChI is InChI=1S/C10H18O3S/c11-7-9(8-4-5-8)10-3-1-2-6-14(10,12)13/h8-11H,1-7H2. The van der Waals surface area contributed by atoms with Crippen LogP contribution >= 0.6 is 0 Å². The zero-order chi connectivity index (χ0) is 10.2. The van der Waals surface area contributed by atoms with Crippen LogP contribution in [0.2, 0.25) is 0 Å². The van der Waals surface area contributed by atoms with E-state index in [9.17, 15) is 13.5 Å². The third-order valence-corrected chi connectivity index (χ3v) is 5.91. The van der Waals surface area contributed by atoms with E-state index >= 15 is 0 Å². The van der Waals surface area contributed by atoms with Crippen molar-refractivity contribution in [2.75, 3.05) is 12.4 Å². The maximum Gasteiger partial charge on any atom is 0.153 e. The Kier molecular flexibility index (Phi) is 2.84. The quantitative estimate of drug-likeness (QED) is 0.768. The van der Waals surface area contributed by atoms with Gasteiger partial charge in [0.15, 0.2) is 9.84 Å². The van der Waals surface area contributed by atoms with Gasteiger partial charge in [-0.15, -0.1) is 0 Å². The molecular weight excluding hydrogens is 200 g/mol. The minimum atomic E-state index is -2.90. The Morgan fingerprint density at radius 1 is 1.21 bits per heavy atom. The minimum absolute atomic E-state index is 0.0281. The molecule has 0 amide bonds. The third kappa shape index (κ3) is 1.96. The van der Waals surface area contributed by atoms with Gasteiger partial charge in [-0.2, -0.15) is 0 Å². The normalized spacial score (nSPS) is 33.9. The Morgan fingerprint density at radius 2 is 1.93 bits per heavy atom. The van der Waals surface area contributed by atoms with E-state index in [4.69, 9.17) is 0 Å². The summed E-state index contributed by atoms with van der Waals surface area (Å²) < 4.78 is 23.6. The van der Waals surface area contributed by atoms with Crippen LogP contribution < -0.4 is 0 Å². The van der Waals surface area contributed by atoms with Crippen molar-refractivity contribution in [2.24, 2.45) is 11.8 Å². The van der Waals surface area contributed by atoms with Crippen molar-refractivity contribution in [3.8, 4) is 0 Å². The fraction of sp³-hybridized carbons (Fsp3) is 1.00. The molecule has 1 saturated carbocycles. The molecule has 3 nitrogen and oxygen atoms in total. The second kappa shape index (κ2) is 3.81. The van der Waals surface area contributed by atoms with Gasteiger partial charge in [0.1, 0.15) is 0 Å². The highest BCUT2D eigenvalue weighted by atomic mass is 32.2. The van der Waals surface area contributed by atoms with E-state index in [2.05, 4.69) is 0 Å². The van der Waals surface area contributed by atoms with E-state index in [0.717, 1.165) is 32.1 Å². The molecular formula is C10H18O3S. The molecule has 0 spiro atoms. The summed E-state index contributed by atoms with van der Waals surface area (Å²) in [6, 6.07) is 0. The van der Waals surface area contributed by atoms with Crippen LogP contribution in [0.3, 0.4) is 0 Å². The number of aliphatic hydroxyl groups is 1. The lowest BCUT2D eigenvalue weighted by atomic mass is 9.96. The van der Waals surface area contributed by atoms with Crippen LogP contribution in [0.25, 0.3) is 0 Å². The maximum atomic E-state index is 11.8. The molecule has 1 heterocycles. The molecule has 0 aromatic carbocycles. The van der Waals surface area contributed by atoms with Crippen LogP contribution in [0, 0.1) is 11.8 Å². The van der Waals surface area contributed by atoms with Crippen molar-refractivity contribution in [1.82, 2.24) is 0 Å². The van der Waals surface area contributed by atoms with Gasteiger partial charge in [-0.25, -0.2) is 8.42 Å². The van der Waals surface area contributed by atoms with Gasteiger partial charge < -0.3 is 5.11 Å². The van der Waals surface area contributed by atoms with E-state index in [0.29, 0.717) is 11.7 Å². The highest BCUT2D eigenvalue weighted by molar-refractivity contribution is 7.92. The summed E-state index contributed by atoms with van der Waals surface area (Å²) in [5.41, 5.74) is 0. The number of rotatable bonds is 3. The highest BCUT2D eigenvalue weighted by Gasteiger charge is 2.42. The lowest BCUT2D eigenvalue weighted by Gasteiger charge is -2.28. The van der Waals surface area contributed by atoms with E-state index in [1.165, 1.54) is 0 Å². The summed E-state index contributed by atoms with van der Waals surface area (Å²) in [7, 11) is -2.90. The first kappa shape index (κ1) is 10.4. The van der Waals surface area contributed by atoms with E-state index in [-0.39, 0.29) is 17.8 Å². The average molecular weight is 218 g/mol. The van der Waals surface area contributed by atoms with Crippen molar-refractivity contribution in [3.05, 3.63) is 0 Å². The maximum absolute atomic E-state index is 11.8. The van der Waals surface area contributed by atoms with Crippen LogP contribution in [0.1, 0.15) is 32.1 Å². The fourth-order valence-electron chi connectivity index (χ4n) is 2.55. The summed E-state index contributed by atoms with van der Waals surface area (Å²) in [6.45, 7) is 0.0502. The van der Waals surface area contributed by atoms with E-state index < -0.39 is 9.84 Å². The molecule has 1 saturated heterocycles. The van der Waals surface area contributed by atoms with Gasteiger partial charge in [-0.05, 0) is 31.6 Å². The topological polar surface area (TPSA) is 54.4 Å². The molecule has 14 heavy (non-hydrogen) atoms. The lowest BCUT2D eigenvalue weighted by molar-refractivity contribution is 0.198. The van der Waals surface area contributed by atoms with Crippen molar-refractivity contribution in [2.45, 2.75) is 37.4 Å². The van der Waals surface area contributed by atoms with Gasteiger partial charge in [0.05, 0.1) is 11.0 Å². The van der Waals surface area contributed by atoms with Gasteiger partial charge in [0.25, 0.3) is 0 Å². The number of hydrogen-bond donors (Lipinski definition) is 1. The van der Waals surface area contributed by atoms with Crippen molar-refractivity contribution >= 4 is 9.84 Å². The van der Waals surface area contributed by atoms with Crippen LogP contribution in [-0.2, 0) is 9.84 Å². The van der Waals surface area contributed by atoms with Crippen LogP contribution in [0.5, 0.6) is 0 Å². The molecule has 1 aliphatic heterocycles. The van der Waals surface area contributed by atoms with Crippen molar-refractivity contribution in [1.29, 1.82) is 0 Å². The third-order valence-electron chi connectivity index (χ3n) is 3.54. The Hall–Kier alpha value is -0.0900. The number of hydrogen-bond acceptors (Lipinski definition) is 3. The second-order valence-electron chi connectivity index (χ2n) is 4.59. The summed E-state index contributed by atoms with van der Waals surface area (Å²) in [4.78, 5) is 0. The van der Waals surface area contributed by atoms with Gasteiger partial charge in [0, 0.05) is 12.5 Å².